The first-order chi connectivity index (χ1) is 27.2. The zero-order valence-corrected chi connectivity index (χ0v) is 40.4. The largest absolute Gasteiger partial charge is 2.00 e. The van der Waals surface area contributed by atoms with Gasteiger partial charge in [0.1, 0.15) is 5.02 Å². The molecule has 2 aliphatic heterocycles. The van der Waals surface area contributed by atoms with Crippen LogP contribution in [-0.2, 0) is 19.5 Å². The first kappa shape index (κ1) is 42.5. The van der Waals surface area contributed by atoms with Gasteiger partial charge in [0.15, 0.2) is 5.75 Å². The molecule has 0 atom stereocenters. The number of nitrogens with zero attached hydrogens (tertiary/aromatic N) is 8. The predicted molar refractivity (Wildman–Crippen MR) is 234 cm³/mol. The summed E-state index contributed by atoms with van der Waals surface area (Å²) in [6.45, 7) is 4.43. The summed E-state index contributed by atoms with van der Waals surface area (Å²) in [5.74, 6) is 0.637. The second-order valence-electron chi connectivity index (χ2n) is 13.1. The van der Waals surface area contributed by atoms with Crippen molar-refractivity contribution in [1.29, 1.82) is 0 Å². The molecule has 0 amide bonds. The molecule has 0 spiro atoms. The van der Waals surface area contributed by atoms with Crippen molar-refractivity contribution in [2.45, 2.75) is 20.3 Å². The minimum Gasteiger partial charge on any atom is -0.490 e. The fourth-order valence-electron chi connectivity index (χ4n) is 6.47. The van der Waals surface area contributed by atoms with Crippen LogP contribution in [0, 0.1) is 5.92 Å². The Morgan fingerprint density at radius 2 is 0.828 bits per heavy atom. The second kappa shape index (κ2) is 16.0. The van der Waals surface area contributed by atoms with Gasteiger partial charge in [-0.1, -0.05) is 166 Å². The summed E-state index contributed by atoms with van der Waals surface area (Å²) in [6.07, 6.45) is 0.715. The van der Waals surface area contributed by atoms with Crippen molar-refractivity contribution in [1.82, 2.24) is 39.9 Å². The van der Waals surface area contributed by atoms with E-state index in [4.69, 9.17) is 172 Å². The van der Waals surface area contributed by atoms with Crippen molar-refractivity contribution in [2.75, 3.05) is 6.61 Å². The molecule has 5 heterocycles. The van der Waals surface area contributed by atoms with E-state index in [1.54, 1.807) is 0 Å². The zero-order valence-electron chi connectivity index (χ0n) is 29.2. The number of hydrogen-bond acceptors (Lipinski definition) is 7. The normalized spacial score (nSPS) is 12.0. The summed E-state index contributed by atoms with van der Waals surface area (Å²) >= 11 is 74.9. The topological polar surface area (TPSA) is 115 Å². The molecule has 0 saturated heterocycles. The molecule has 9 rings (SSSR count). The molecule has 0 N–H and O–H groups in total. The van der Waals surface area contributed by atoms with Crippen LogP contribution >= 0.6 is 128 Å². The van der Waals surface area contributed by atoms with E-state index in [2.05, 4.69) is 13.8 Å². The third-order valence-electron chi connectivity index (χ3n) is 9.20. The molecule has 9 nitrogen and oxygen atoms in total. The molecule has 4 aromatic carbocycles. The van der Waals surface area contributed by atoms with E-state index in [0.29, 0.717) is 29.7 Å². The second-order valence-corrected chi connectivity index (χ2v) is 17.3. The fourth-order valence-corrected chi connectivity index (χ4v) is 9.40. The summed E-state index contributed by atoms with van der Waals surface area (Å²) < 4.78 is 6.12. The van der Waals surface area contributed by atoms with Gasteiger partial charge in [-0.15, -0.1) is 0 Å². The molecule has 2 aliphatic rings. The standard InChI is InChI=1S/C37H15Cl11N8O.Zn/c1-9(2)7-8-57-29-23(43)17-16(22(42)28(29)48)33-51-31-11-6-4-3-5-10(11)30(49-31)50-32-12-13(19(39)25(45)24(44)18(12)38)34(52-32)54-35-14-15(36(55-35)56-37(17)53-33)21(41)27(47)26(46)20(14)40;/h3-6,9H,7-8H2,1-2H3;/q-2;+2. The first-order valence-electron chi connectivity index (χ1n) is 16.5. The van der Waals surface area contributed by atoms with Gasteiger partial charge in [-0.2, -0.15) is 0 Å². The molecule has 7 aromatic rings. The Morgan fingerprint density at radius 3 is 1.26 bits per heavy atom. The van der Waals surface area contributed by atoms with Gasteiger partial charge in [-0.05, 0) is 23.1 Å². The van der Waals surface area contributed by atoms with Gasteiger partial charge in [0.2, 0.25) is 0 Å². The zero-order chi connectivity index (χ0) is 40.3. The molecule has 58 heavy (non-hydrogen) atoms. The van der Waals surface area contributed by atoms with E-state index in [1.165, 1.54) is 0 Å². The number of fused-ring (bicyclic) bond motifs is 20. The third kappa shape index (κ3) is 6.61. The van der Waals surface area contributed by atoms with Gasteiger partial charge < -0.3 is 34.6 Å². The van der Waals surface area contributed by atoms with Crippen LogP contribution in [0.15, 0.2) is 24.3 Å². The maximum Gasteiger partial charge on any atom is 2.00 e. The molecule has 0 fully saturated rings. The minimum atomic E-state index is -0.0561. The number of hydrogen-bond donors (Lipinski definition) is 0. The number of benzene rings is 4. The van der Waals surface area contributed by atoms with Crippen molar-refractivity contribution in [3.63, 3.8) is 0 Å². The monoisotopic (exact) mass is 1040 g/mol. The summed E-state index contributed by atoms with van der Waals surface area (Å²) in [5, 5.41) is 1.60. The molecule has 0 unspecified atom stereocenters. The van der Waals surface area contributed by atoms with E-state index in [9.17, 15) is 0 Å². The van der Waals surface area contributed by atoms with Crippen LogP contribution in [0.2, 0.25) is 55.2 Å². The summed E-state index contributed by atoms with van der Waals surface area (Å²) in [4.78, 5) is 38.7. The Labute approximate surface area is 395 Å². The number of aromatic nitrogens is 8. The third-order valence-corrected chi connectivity index (χ3v) is 14.0. The SMILES string of the molecule is CC(C)CCOc1c(Cl)c(Cl)c2c(c1Cl)-c1nc-2nc2[n-]c(nc3nc(nc4[n-]c(n1)c1c(Cl)c(Cl)c(Cl)c(Cl)c41)-c1c(Cl)c(Cl)c(Cl)c(Cl)c1-3)c1ccccc21.[Zn+2]. The van der Waals surface area contributed by atoms with Crippen LogP contribution in [0.1, 0.15) is 20.3 Å². The van der Waals surface area contributed by atoms with Crippen molar-refractivity contribution in [2.24, 2.45) is 5.92 Å². The Bertz CT molecular complexity index is 3140. The van der Waals surface area contributed by atoms with E-state index in [1.807, 2.05) is 24.3 Å². The Hall–Kier alpha value is -2.15. The van der Waals surface area contributed by atoms with Gasteiger partial charge in [0.05, 0.1) is 80.1 Å². The van der Waals surface area contributed by atoms with Gasteiger partial charge in [-0.3, -0.25) is 0 Å². The molecule has 21 heteroatoms. The van der Waals surface area contributed by atoms with Crippen LogP contribution in [0.5, 0.6) is 5.75 Å². The first-order valence-corrected chi connectivity index (χ1v) is 20.7. The summed E-state index contributed by atoms with van der Waals surface area (Å²) in [5.41, 5.74) is 1.37. The molecule has 8 bridgehead atoms. The van der Waals surface area contributed by atoms with Crippen LogP contribution < -0.4 is 14.7 Å². The molecule has 3 aromatic heterocycles. The van der Waals surface area contributed by atoms with E-state index in [-0.39, 0.29) is 159 Å². The summed E-state index contributed by atoms with van der Waals surface area (Å²) in [6, 6.07) is 7.30. The van der Waals surface area contributed by atoms with Gasteiger partial charge in [0, 0.05) is 55.6 Å². The average molecular weight is 1040 g/mol. The van der Waals surface area contributed by atoms with E-state index >= 15 is 0 Å². The van der Waals surface area contributed by atoms with Crippen molar-refractivity contribution in [3.8, 4) is 51.3 Å². The van der Waals surface area contributed by atoms with Crippen LogP contribution in [0.4, 0.5) is 0 Å². The molecular weight excluding hydrogens is 1030 g/mol. The minimum absolute atomic E-state index is 0. The molecule has 0 radical (unpaired) electrons. The fraction of sp³-hybridized carbons (Fsp3) is 0.135. The van der Waals surface area contributed by atoms with E-state index < -0.39 is 0 Å². The van der Waals surface area contributed by atoms with Gasteiger partial charge in [-0.25, -0.2) is 9.97 Å². The van der Waals surface area contributed by atoms with Crippen molar-refractivity contribution in [3.05, 3.63) is 79.5 Å². The van der Waals surface area contributed by atoms with Crippen molar-refractivity contribution < 1.29 is 24.2 Å². The van der Waals surface area contributed by atoms with Crippen molar-refractivity contribution >= 4 is 172 Å². The smallest absolute Gasteiger partial charge is 0.490 e. The van der Waals surface area contributed by atoms with Crippen LogP contribution in [-0.4, -0.2) is 36.5 Å². The predicted octanol–water partition coefficient (Wildman–Crippen LogP) is 14.7. The Morgan fingerprint density at radius 1 is 0.466 bits per heavy atom. The van der Waals surface area contributed by atoms with E-state index in [0.717, 1.165) is 0 Å². The summed E-state index contributed by atoms with van der Waals surface area (Å²) in [7, 11) is 0. The Kier molecular flexibility index (Phi) is 11.7. The quantitative estimate of drug-likeness (QED) is 0.0965. The molecule has 0 aliphatic carbocycles. The maximum atomic E-state index is 7.14. The molecular formula is C37H15Cl11N8OZn. The van der Waals surface area contributed by atoms with Crippen LogP contribution in [0.3, 0.4) is 0 Å². The number of ether oxygens (including phenoxy) is 1. The molecule has 288 valence electrons. The number of halogens is 11. The Balaban J connectivity index is 0.00000469. The number of rotatable bonds is 4. The average Bonchev–Trinajstić information content (AvgIpc) is 3.93. The maximum absolute atomic E-state index is 7.14. The molecule has 0 saturated carbocycles. The van der Waals surface area contributed by atoms with Crippen LogP contribution in [0.25, 0.3) is 89.7 Å². The van der Waals surface area contributed by atoms with Gasteiger partial charge >= 0.3 is 19.5 Å². The van der Waals surface area contributed by atoms with Gasteiger partial charge in [0.25, 0.3) is 0 Å².